The first-order valence-electron chi connectivity index (χ1n) is 6.33. The Morgan fingerprint density at radius 2 is 2.00 bits per heavy atom. The number of fused-ring (bicyclic) bond motifs is 1. The monoisotopic (exact) mass is 269 g/mol. The lowest BCUT2D eigenvalue weighted by Crippen LogP contribution is -2.10. The number of H-pyrrole nitrogens is 1. The van der Waals surface area contributed by atoms with E-state index in [1.54, 1.807) is 17.9 Å². The minimum atomic E-state index is -0.148. The topological polar surface area (TPSA) is 59.9 Å². The van der Waals surface area contributed by atoms with Gasteiger partial charge in [0.2, 0.25) is 0 Å². The number of methoxy groups -OCH3 is 1. The van der Waals surface area contributed by atoms with Gasteiger partial charge in [-0.2, -0.15) is 5.10 Å². The van der Waals surface area contributed by atoms with Crippen LogP contribution in [0.2, 0.25) is 0 Å². The van der Waals surface area contributed by atoms with Gasteiger partial charge in [-0.1, -0.05) is 0 Å². The molecule has 0 unspecified atom stereocenters. The third-order valence-corrected chi connectivity index (χ3v) is 3.27. The van der Waals surface area contributed by atoms with Crippen LogP contribution in [0.4, 0.5) is 0 Å². The summed E-state index contributed by atoms with van der Waals surface area (Å²) in [6, 6.07) is 9.10. The number of benzene rings is 1. The van der Waals surface area contributed by atoms with Gasteiger partial charge in [0.15, 0.2) is 0 Å². The predicted octanol–water partition coefficient (Wildman–Crippen LogP) is 2.34. The third-order valence-electron chi connectivity index (χ3n) is 3.27. The highest BCUT2D eigenvalue weighted by molar-refractivity contribution is 5.88. The van der Waals surface area contributed by atoms with Crippen molar-refractivity contribution in [3.05, 3.63) is 52.1 Å². The second-order valence-corrected chi connectivity index (χ2v) is 4.77. The number of aryl methyl sites for hydroxylation is 2. The summed E-state index contributed by atoms with van der Waals surface area (Å²) in [5, 5.41) is 5.35. The zero-order valence-electron chi connectivity index (χ0n) is 11.6. The second-order valence-electron chi connectivity index (χ2n) is 4.77. The Hall–Kier alpha value is -2.56. The Bertz CT molecular complexity index is 846. The second kappa shape index (κ2) is 4.52. The fourth-order valence-electron chi connectivity index (χ4n) is 2.39. The Morgan fingerprint density at radius 1 is 1.20 bits per heavy atom. The lowest BCUT2D eigenvalue weighted by Gasteiger charge is -2.09. The Balaban J connectivity index is 2.38. The van der Waals surface area contributed by atoms with Crippen LogP contribution in [-0.2, 0) is 0 Å². The molecule has 5 nitrogen and oxygen atoms in total. The quantitative estimate of drug-likeness (QED) is 0.776. The van der Waals surface area contributed by atoms with Crippen molar-refractivity contribution in [2.45, 2.75) is 13.8 Å². The van der Waals surface area contributed by atoms with Crippen LogP contribution < -0.4 is 10.3 Å². The third kappa shape index (κ3) is 1.97. The van der Waals surface area contributed by atoms with Crippen LogP contribution in [0.25, 0.3) is 16.6 Å². The molecule has 3 aromatic rings. The van der Waals surface area contributed by atoms with Crippen molar-refractivity contribution in [3.63, 3.8) is 0 Å². The molecule has 0 aliphatic heterocycles. The molecule has 0 fully saturated rings. The molecule has 102 valence electrons. The fourth-order valence-corrected chi connectivity index (χ4v) is 2.39. The molecule has 2 heterocycles. The zero-order valence-corrected chi connectivity index (χ0v) is 11.6. The molecule has 2 aromatic heterocycles. The van der Waals surface area contributed by atoms with E-state index in [0.717, 1.165) is 33.7 Å². The SMILES string of the molecule is COc1ccc2[nH]c(=O)cc(-n3nc(C)cc3C)c2c1. The number of nitrogens with one attached hydrogen (secondary N) is 1. The summed E-state index contributed by atoms with van der Waals surface area (Å²) in [6.07, 6.45) is 0. The normalized spacial score (nSPS) is 10.9. The average Bonchev–Trinajstić information content (AvgIpc) is 2.76. The van der Waals surface area contributed by atoms with E-state index < -0.39 is 0 Å². The van der Waals surface area contributed by atoms with Crippen LogP contribution in [0.1, 0.15) is 11.4 Å². The molecule has 1 aromatic carbocycles. The van der Waals surface area contributed by atoms with Gasteiger partial charge < -0.3 is 9.72 Å². The summed E-state index contributed by atoms with van der Waals surface area (Å²) in [7, 11) is 1.62. The Morgan fingerprint density at radius 3 is 2.65 bits per heavy atom. The maximum atomic E-state index is 11.8. The van der Waals surface area contributed by atoms with Crippen molar-refractivity contribution in [1.29, 1.82) is 0 Å². The van der Waals surface area contributed by atoms with Crippen LogP contribution in [-0.4, -0.2) is 21.9 Å². The van der Waals surface area contributed by atoms with E-state index in [2.05, 4.69) is 10.1 Å². The highest BCUT2D eigenvalue weighted by Gasteiger charge is 2.10. The highest BCUT2D eigenvalue weighted by atomic mass is 16.5. The molecule has 3 rings (SSSR count). The number of nitrogens with zero attached hydrogens (tertiary/aromatic N) is 2. The lowest BCUT2D eigenvalue weighted by atomic mass is 10.1. The summed E-state index contributed by atoms with van der Waals surface area (Å²) in [4.78, 5) is 14.6. The molecular weight excluding hydrogens is 254 g/mol. The minimum Gasteiger partial charge on any atom is -0.497 e. The molecule has 0 saturated carbocycles. The van der Waals surface area contributed by atoms with Gasteiger partial charge in [-0.3, -0.25) is 4.79 Å². The van der Waals surface area contributed by atoms with Crippen LogP contribution >= 0.6 is 0 Å². The van der Waals surface area contributed by atoms with E-state index in [4.69, 9.17) is 4.74 Å². The highest BCUT2D eigenvalue weighted by Crippen LogP contribution is 2.24. The van der Waals surface area contributed by atoms with Crippen LogP contribution in [0.5, 0.6) is 5.75 Å². The maximum absolute atomic E-state index is 11.8. The number of pyridine rings is 1. The molecule has 0 bridgehead atoms. The first kappa shape index (κ1) is 12.5. The van der Waals surface area contributed by atoms with Gasteiger partial charge in [0.05, 0.1) is 24.0 Å². The molecule has 1 N–H and O–H groups in total. The molecule has 0 amide bonds. The van der Waals surface area contributed by atoms with Crippen molar-refractivity contribution < 1.29 is 4.74 Å². The number of hydrogen-bond acceptors (Lipinski definition) is 3. The van der Waals surface area contributed by atoms with E-state index in [0.29, 0.717) is 0 Å². The van der Waals surface area contributed by atoms with Gasteiger partial charge in [0.25, 0.3) is 5.56 Å². The number of hydrogen-bond donors (Lipinski definition) is 1. The van der Waals surface area contributed by atoms with Gasteiger partial charge in [-0.05, 0) is 38.1 Å². The van der Waals surface area contributed by atoms with Crippen molar-refractivity contribution >= 4 is 10.9 Å². The van der Waals surface area contributed by atoms with E-state index in [1.807, 2.05) is 38.1 Å². The largest absolute Gasteiger partial charge is 0.497 e. The molecular formula is C15H15N3O2. The van der Waals surface area contributed by atoms with Crippen LogP contribution in [0, 0.1) is 13.8 Å². The van der Waals surface area contributed by atoms with E-state index in [9.17, 15) is 4.79 Å². The molecule has 0 atom stereocenters. The van der Waals surface area contributed by atoms with Crippen LogP contribution in [0.15, 0.2) is 35.1 Å². The van der Waals surface area contributed by atoms with Gasteiger partial charge in [-0.15, -0.1) is 0 Å². The molecule has 0 aliphatic rings. The number of aromatic amines is 1. The Labute approximate surface area is 115 Å². The molecule has 5 heteroatoms. The molecule has 0 saturated heterocycles. The zero-order chi connectivity index (χ0) is 14.3. The van der Waals surface area contributed by atoms with Gasteiger partial charge >= 0.3 is 0 Å². The van der Waals surface area contributed by atoms with E-state index in [1.165, 1.54) is 0 Å². The average molecular weight is 269 g/mol. The predicted molar refractivity (Wildman–Crippen MR) is 77.7 cm³/mol. The van der Waals surface area contributed by atoms with Crippen molar-refractivity contribution in [1.82, 2.24) is 14.8 Å². The van der Waals surface area contributed by atoms with Gasteiger partial charge in [-0.25, -0.2) is 4.68 Å². The number of aromatic nitrogens is 3. The smallest absolute Gasteiger partial charge is 0.250 e. The summed E-state index contributed by atoms with van der Waals surface area (Å²) >= 11 is 0. The van der Waals surface area contributed by atoms with Gasteiger partial charge in [0.1, 0.15) is 5.75 Å². The Kier molecular flexibility index (Phi) is 2.82. The number of ether oxygens (including phenoxy) is 1. The lowest BCUT2D eigenvalue weighted by molar-refractivity contribution is 0.415. The van der Waals surface area contributed by atoms with E-state index in [-0.39, 0.29) is 5.56 Å². The van der Waals surface area contributed by atoms with E-state index >= 15 is 0 Å². The first-order chi connectivity index (χ1) is 9.58. The summed E-state index contributed by atoms with van der Waals surface area (Å²) in [5.74, 6) is 0.743. The summed E-state index contributed by atoms with van der Waals surface area (Å²) in [6.45, 7) is 3.90. The minimum absolute atomic E-state index is 0.148. The maximum Gasteiger partial charge on any atom is 0.250 e. The first-order valence-corrected chi connectivity index (χ1v) is 6.33. The fraction of sp³-hybridized carbons (Fsp3) is 0.200. The molecule has 20 heavy (non-hydrogen) atoms. The van der Waals surface area contributed by atoms with Crippen molar-refractivity contribution in [3.8, 4) is 11.4 Å². The van der Waals surface area contributed by atoms with Crippen molar-refractivity contribution in [2.75, 3.05) is 7.11 Å². The molecule has 0 aliphatic carbocycles. The summed E-state index contributed by atoms with van der Waals surface area (Å²) in [5.41, 5.74) is 3.27. The molecule has 0 radical (unpaired) electrons. The standard InChI is InChI=1S/C15H15N3O2/c1-9-6-10(2)18(17-9)14-8-15(19)16-13-5-4-11(20-3)7-12(13)14/h4-8H,1-3H3,(H,16,19). The van der Waals surface area contributed by atoms with Gasteiger partial charge in [0, 0.05) is 17.1 Å². The molecule has 0 spiro atoms. The summed E-state index contributed by atoms with van der Waals surface area (Å²) < 4.78 is 7.04. The van der Waals surface area contributed by atoms with Crippen molar-refractivity contribution in [2.24, 2.45) is 0 Å². The number of rotatable bonds is 2. The van der Waals surface area contributed by atoms with Crippen LogP contribution in [0.3, 0.4) is 0 Å².